The van der Waals surface area contributed by atoms with Crippen LogP contribution in [0.4, 0.5) is 0 Å². The number of hydrogen-bond acceptors (Lipinski definition) is 5. The summed E-state index contributed by atoms with van der Waals surface area (Å²) in [6, 6.07) is 2.33. The molecule has 0 aromatic carbocycles. The molecule has 0 bridgehead atoms. The SMILES string of the molecule is CC(C)c1cc(S(=O)(=O)N2CC3(CC(N4CCOCC4)C3)C2)n(C)n1. The lowest BCUT2D eigenvalue weighted by Gasteiger charge is -2.60. The highest BCUT2D eigenvalue weighted by Gasteiger charge is 2.57. The number of rotatable bonds is 4. The first-order chi connectivity index (χ1) is 11.8. The second-order valence-corrected chi connectivity index (χ2v) is 10.1. The normalized spacial score (nSPS) is 25.3. The van der Waals surface area contributed by atoms with Gasteiger partial charge in [-0.15, -0.1) is 0 Å². The summed E-state index contributed by atoms with van der Waals surface area (Å²) in [4.78, 5) is 2.50. The van der Waals surface area contributed by atoms with E-state index in [1.165, 1.54) is 4.68 Å². The molecule has 0 unspecified atom stereocenters. The molecular formula is C17H28N4O3S. The molecule has 2 saturated heterocycles. The Hall–Kier alpha value is -0.960. The van der Waals surface area contributed by atoms with Gasteiger partial charge >= 0.3 is 0 Å². The average Bonchev–Trinajstić information content (AvgIpc) is 2.88. The highest BCUT2D eigenvalue weighted by Crippen LogP contribution is 2.51. The van der Waals surface area contributed by atoms with Crippen LogP contribution in [0.2, 0.25) is 0 Å². The van der Waals surface area contributed by atoms with Crippen LogP contribution in [0.5, 0.6) is 0 Å². The maximum atomic E-state index is 12.9. The fourth-order valence-electron chi connectivity index (χ4n) is 4.40. The monoisotopic (exact) mass is 368 g/mol. The lowest BCUT2D eigenvalue weighted by molar-refractivity contribution is -0.0967. The Labute approximate surface area is 150 Å². The first-order valence-corrected chi connectivity index (χ1v) is 10.6. The summed E-state index contributed by atoms with van der Waals surface area (Å²) in [7, 11) is -1.72. The van der Waals surface area contributed by atoms with Crippen LogP contribution < -0.4 is 0 Å². The molecule has 7 nitrogen and oxygen atoms in total. The summed E-state index contributed by atoms with van der Waals surface area (Å²) in [5.74, 6) is 0.221. The topological polar surface area (TPSA) is 67.7 Å². The van der Waals surface area contributed by atoms with E-state index >= 15 is 0 Å². The Morgan fingerprint density at radius 2 is 1.88 bits per heavy atom. The second kappa shape index (κ2) is 6.04. The van der Waals surface area contributed by atoms with E-state index in [1.54, 1.807) is 17.4 Å². The van der Waals surface area contributed by atoms with Gasteiger partial charge in [-0.1, -0.05) is 13.8 Å². The smallest absolute Gasteiger partial charge is 0.260 e. The molecule has 0 atom stereocenters. The number of morpholine rings is 1. The molecule has 0 N–H and O–H groups in total. The molecule has 3 aliphatic rings. The zero-order valence-corrected chi connectivity index (χ0v) is 16.1. The molecule has 2 aliphatic heterocycles. The minimum absolute atomic E-state index is 0.204. The largest absolute Gasteiger partial charge is 0.379 e. The third kappa shape index (κ3) is 2.93. The van der Waals surface area contributed by atoms with Crippen molar-refractivity contribution in [2.75, 3.05) is 39.4 Å². The van der Waals surface area contributed by atoms with Crippen molar-refractivity contribution >= 4 is 10.0 Å². The van der Waals surface area contributed by atoms with Crippen LogP contribution in [0.25, 0.3) is 0 Å². The van der Waals surface area contributed by atoms with E-state index in [2.05, 4.69) is 10.00 Å². The van der Waals surface area contributed by atoms with Crippen LogP contribution in [0, 0.1) is 5.41 Å². The van der Waals surface area contributed by atoms with Gasteiger partial charge in [0.2, 0.25) is 0 Å². The highest BCUT2D eigenvalue weighted by molar-refractivity contribution is 7.89. The molecule has 3 fully saturated rings. The standard InChI is InChI=1S/C17H28N4O3S/c1-13(2)15-8-16(19(3)18-15)25(22,23)21-11-17(12-21)9-14(10-17)20-4-6-24-7-5-20/h8,13-14H,4-7,9-12H2,1-3H3. The van der Waals surface area contributed by atoms with Gasteiger partial charge in [-0.2, -0.15) is 9.40 Å². The lowest BCUT2D eigenvalue weighted by Crippen LogP contribution is -2.68. The third-order valence-corrected chi connectivity index (χ3v) is 7.82. The molecule has 0 radical (unpaired) electrons. The van der Waals surface area contributed by atoms with Crippen molar-refractivity contribution in [3.8, 4) is 0 Å². The van der Waals surface area contributed by atoms with Gasteiger partial charge in [0.15, 0.2) is 5.03 Å². The van der Waals surface area contributed by atoms with Crippen LogP contribution >= 0.6 is 0 Å². The Kier molecular flexibility index (Phi) is 4.22. The molecule has 25 heavy (non-hydrogen) atoms. The molecule has 1 saturated carbocycles. The summed E-state index contributed by atoms with van der Waals surface area (Å²) < 4.78 is 34.4. The van der Waals surface area contributed by atoms with Crippen LogP contribution in [-0.2, 0) is 21.8 Å². The van der Waals surface area contributed by atoms with Crippen molar-refractivity contribution in [3.05, 3.63) is 11.8 Å². The van der Waals surface area contributed by atoms with Gasteiger partial charge in [-0.05, 0) is 18.8 Å². The molecule has 1 aromatic heterocycles. The van der Waals surface area contributed by atoms with Crippen LogP contribution in [0.1, 0.15) is 38.3 Å². The number of sulfonamides is 1. The molecule has 3 heterocycles. The first-order valence-electron chi connectivity index (χ1n) is 9.17. The van der Waals surface area contributed by atoms with Gasteiger partial charge in [-0.25, -0.2) is 8.42 Å². The fraction of sp³-hybridized carbons (Fsp3) is 0.824. The minimum Gasteiger partial charge on any atom is -0.379 e. The predicted octanol–water partition coefficient (Wildman–Crippen LogP) is 1.03. The molecule has 1 aliphatic carbocycles. The van der Waals surface area contributed by atoms with Gasteiger partial charge in [0.1, 0.15) is 0 Å². The fourth-order valence-corrected chi connectivity index (χ4v) is 6.19. The Balaban J connectivity index is 1.39. The van der Waals surface area contributed by atoms with E-state index in [-0.39, 0.29) is 11.3 Å². The van der Waals surface area contributed by atoms with Crippen molar-refractivity contribution in [2.24, 2.45) is 12.5 Å². The van der Waals surface area contributed by atoms with Gasteiger partial charge < -0.3 is 4.74 Å². The third-order valence-electron chi connectivity index (χ3n) is 5.97. The van der Waals surface area contributed by atoms with E-state index in [0.29, 0.717) is 24.2 Å². The van der Waals surface area contributed by atoms with E-state index in [0.717, 1.165) is 44.8 Å². The average molecular weight is 369 g/mol. The van der Waals surface area contributed by atoms with E-state index < -0.39 is 10.0 Å². The number of hydrogen-bond donors (Lipinski definition) is 0. The van der Waals surface area contributed by atoms with E-state index in [9.17, 15) is 8.42 Å². The van der Waals surface area contributed by atoms with Gasteiger partial charge in [-0.3, -0.25) is 9.58 Å². The van der Waals surface area contributed by atoms with Crippen molar-refractivity contribution in [1.82, 2.24) is 19.0 Å². The van der Waals surface area contributed by atoms with Crippen molar-refractivity contribution < 1.29 is 13.2 Å². The molecule has 4 rings (SSSR count). The molecule has 1 aromatic rings. The molecule has 140 valence electrons. The van der Waals surface area contributed by atoms with Crippen LogP contribution in [0.3, 0.4) is 0 Å². The zero-order chi connectivity index (χ0) is 17.8. The Bertz CT molecular complexity index is 738. The van der Waals surface area contributed by atoms with Crippen LogP contribution in [-0.4, -0.2) is 72.8 Å². The number of aromatic nitrogens is 2. The van der Waals surface area contributed by atoms with Crippen molar-refractivity contribution in [1.29, 1.82) is 0 Å². The number of ether oxygens (including phenoxy) is 1. The predicted molar refractivity (Wildman–Crippen MR) is 93.9 cm³/mol. The molecule has 0 amide bonds. The summed E-state index contributed by atoms with van der Waals surface area (Å²) in [6.45, 7) is 9.02. The van der Waals surface area contributed by atoms with Gasteiger partial charge in [0, 0.05) is 50.7 Å². The maximum absolute atomic E-state index is 12.9. The van der Waals surface area contributed by atoms with E-state index in [4.69, 9.17) is 4.74 Å². The molecular weight excluding hydrogens is 340 g/mol. The summed E-state index contributed by atoms with van der Waals surface area (Å²) in [6.07, 6.45) is 2.23. The zero-order valence-electron chi connectivity index (χ0n) is 15.3. The van der Waals surface area contributed by atoms with Gasteiger partial charge in [0.05, 0.1) is 18.9 Å². The summed E-state index contributed by atoms with van der Waals surface area (Å²) >= 11 is 0. The highest BCUT2D eigenvalue weighted by atomic mass is 32.2. The second-order valence-electron chi connectivity index (χ2n) is 8.17. The van der Waals surface area contributed by atoms with Crippen molar-refractivity contribution in [2.45, 2.75) is 43.7 Å². The van der Waals surface area contributed by atoms with Gasteiger partial charge in [0.25, 0.3) is 10.0 Å². The lowest BCUT2D eigenvalue weighted by atomic mass is 9.61. The summed E-state index contributed by atoms with van der Waals surface area (Å²) in [5.41, 5.74) is 1.03. The number of aryl methyl sites for hydroxylation is 1. The molecule has 1 spiro atoms. The first kappa shape index (κ1) is 17.5. The molecule has 8 heteroatoms. The van der Waals surface area contributed by atoms with E-state index in [1.807, 2.05) is 13.8 Å². The summed E-state index contributed by atoms with van der Waals surface area (Å²) in [5, 5.41) is 4.67. The maximum Gasteiger partial charge on any atom is 0.260 e. The van der Waals surface area contributed by atoms with Crippen LogP contribution in [0.15, 0.2) is 11.1 Å². The minimum atomic E-state index is -3.43. The van der Waals surface area contributed by atoms with Crippen molar-refractivity contribution in [3.63, 3.8) is 0 Å². The number of nitrogens with zero attached hydrogens (tertiary/aromatic N) is 4. The Morgan fingerprint density at radius 1 is 1.24 bits per heavy atom. The quantitative estimate of drug-likeness (QED) is 0.794. The Morgan fingerprint density at radius 3 is 2.44 bits per heavy atom.